The van der Waals surface area contributed by atoms with Gasteiger partial charge in [-0.05, 0) is 31.6 Å². The average Bonchev–Trinajstić information content (AvgIpc) is 2.28. The van der Waals surface area contributed by atoms with Crippen LogP contribution in [0.1, 0.15) is 52.9 Å². The van der Waals surface area contributed by atoms with Gasteiger partial charge in [-0.25, -0.2) is 0 Å². The van der Waals surface area contributed by atoms with Crippen molar-refractivity contribution in [3.05, 3.63) is 0 Å². The van der Waals surface area contributed by atoms with Crippen molar-refractivity contribution in [2.75, 3.05) is 6.54 Å². The Labute approximate surface area is 99.4 Å². The highest BCUT2D eigenvalue weighted by Crippen LogP contribution is 2.23. The highest BCUT2D eigenvalue weighted by molar-refractivity contribution is 5.82. The number of nitrogens with zero attached hydrogens (tertiary/aromatic N) is 1. The van der Waals surface area contributed by atoms with Crippen molar-refractivity contribution in [3.63, 3.8) is 0 Å². The lowest BCUT2D eigenvalue weighted by Crippen LogP contribution is -2.52. The summed E-state index contributed by atoms with van der Waals surface area (Å²) in [7, 11) is 0. The second-order valence-corrected chi connectivity index (χ2v) is 5.23. The van der Waals surface area contributed by atoms with Crippen molar-refractivity contribution in [3.8, 4) is 0 Å². The Bertz CT molecular complexity index is 228. The topological polar surface area (TPSA) is 46.3 Å². The first-order valence-electron chi connectivity index (χ1n) is 6.64. The maximum Gasteiger partial charge on any atom is 0.239 e. The van der Waals surface area contributed by atoms with Gasteiger partial charge in [0.05, 0.1) is 6.04 Å². The third kappa shape index (κ3) is 3.21. The fourth-order valence-electron chi connectivity index (χ4n) is 2.57. The van der Waals surface area contributed by atoms with Crippen LogP contribution in [0.3, 0.4) is 0 Å². The van der Waals surface area contributed by atoms with E-state index in [0.717, 1.165) is 32.2 Å². The second kappa shape index (κ2) is 6.24. The molecule has 3 nitrogen and oxygen atoms in total. The SMILES string of the molecule is CCCC(N)C(=O)N1CCCCC1C(C)C. The predicted octanol–water partition coefficient (Wildman–Crippen LogP) is 2.15. The first kappa shape index (κ1) is 13.5. The molecule has 0 radical (unpaired) electrons. The van der Waals surface area contributed by atoms with Crippen molar-refractivity contribution in [2.24, 2.45) is 11.7 Å². The molecule has 0 aromatic heterocycles. The summed E-state index contributed by atoms with van der Waals surface area (Å²) in [6.45, 7) is 7.37. The standard InChI is InChI=1S/C13H26N2O/c1-4-7-11(14)13(16)15-9-6-5-8-12(15)10(2)3/h10-12H,4-9,14H2,1-3H3. The van der Waals surface area contributed by atoms with E-state index in [2.05, 4.69) is 20.8 Å². The van der Waals surface area contributed by atoms with E-state index in [1.165, 1.54) is 6.42 Å². The number of rotatable bonds is 4. The van der Waals surface area contributed by atoms with Crippen LogP contribution < -0.4 is 5.73 Å². The highest BCUT2D eigenvalue weighted by Gasteiger charge is 2.30. The summed E-state index contributed by atoms with van der Waals surface area (Å²) in [6, 6.07) is 0.119. The molecule has 2 atom stereocenters. The number of carbonyl (C=O) groups excluding carboxylic acids is 1. The Hall–Kier alpha value is -0.570. The molecule has 0 spiro atoms. The Balaban J connectivity index is 2.63. The molecule has 3 heteroatoms. The molecule has 0 aromatic carbocycles. The maximum absolute atomic E-state index is 12.2. The van der Waals surface area contributed by atoms with Gasteiger partial charge in [0, 0.05) is 12.6 Å². The first-order chi connectivity index (χ1) is 7.57. The zero-order valence-corrected chi connectivity index (χ0v) is 10.9. The minimum absolute atomic E-state index is 0.167. The maximum atomic E-state index is 12.2. The van der Waals surface area contributed by atoms with E-state index in [0.29, 0.717) is 12.0 Å². The normalized spacial score (nSPS) is 23.6. The highest BCUT2D eigenvalue weighted by atomic mass is 16.2. The minimum atomic E-state index is -0.288. The summed E-state index contributed by atoms with van der Waals surface area (Å²) < 4.78 is 0. The van der Waals surface area contributed by atoms with Crippen molar-refractivity contribution in [1.82, 2.24) is 4.90 Å². The largest absolute Gasteiger partial charge is 0.338 e. The van der Waals surface area contributed by atoms with Gasteiger partial charge >= 0.3 is 0 Å². The van der Waals surface area contributed by atoms with Crippen molar-refractivity contribution in [1.29, 1.82) is 0 Å². The zero-order chi connectivity index (χ0) is 12.1. The molecule has 1 aliphatic rings. The molecule has 0 bridgehead atoms. The number of hydrogen-bond acceptors (Lipinski definition) is 2. The lowest BCUT2D eigenvalue weighted by molar-refractivity contribution is -0.137. The van der Waals surface area contributed by atoms with Gasteiger partial charge in [0.15, 0.2) is 0 Å². The molecule has 1 fully saturated rings. The molecule has 1 rings (SSSR count). The Morgan fingerprint density at radius 2 is 2.12 bits per heavy atom. The molecule has 16 heavy (non-hydrogen) atoms. The number of nitrogens with two attached hydrogens (primary N) is 1. The van der Waals surface area contributed by atoms with Crippen LogP contribution in [-0.2, 0) is 4.79 Å². The second-order valence-electron chi connectivity index (χ2n) is 5.23. The van der Waals surface area contributed by atoms with Gasteiger partial charge in [0.2, 0.25) is 5.91 Å². The van der Waals surface area contributed by atoms with E-state index in [-0.39, 0.29) is 11.9 Å². The third-order valence-corrected chi connectivity index (χ3v) is 3.52. The fourth-order valence-corrected chi connectivity index (χ4v) is 2.57. The van der Waals surface area contributed by atoms with Crippen LogP contribution >= 0.6 is 0 Å². The molecule has 0 aromatic rings. The molecule has 94 valence electrons. The lowest BCUT2D eigenvalue weighted by atomic mass is 9.92. The molecule has 2 N–H and O–H groups in total. The van der Waals surface area contributed by atoms with E-state index in [1.54, 1.807) is 0 Å². The van der Waals surface area contributed by atoms with Gasteiger partial charge < -0.3 is 10.6 Å². The molecule has 0 saturated carbocycles. The third-order valence-electron chi connectivity index (χ3n) is 3.52. The molecule has 2 unspecified atom stereocenters. The van der Waals surface area contributed by atoms with Gasteiger partial charge in [0.25, 0.3) is 0 Å². The minimum Gasteiger partial charge on any atom is -0.338 e. The fraction of sp³-hybridized carbons (Fsp3) is 0.923. The van der Waals surface area contributed by atoms with Crippen LogP contribution in [0.15, 0.2) is 0 Å². The quantitative estimate of drug-likeness (QED) is 0.798. The predicted molar refractivity (Wildman–Crippen MR) is 67.1 cm³/mol. The van der Waals surface area contributed by atoms with Gasteiger partial charge in [-0.1, -0.05) is 27.2 Å². The lowest BCUT2D eigenvalue weighted by Gasteiger charge is -2.39. The summed E-state index contributed by atoms with van der Waals surface area (Å²) in [4.78, 5) is 14.2. The van der Waals surface area contributed by atoms with Crippen LogP contribution in [0, 0.1) is 5.92 Å². The van der Waals surface area contributed by atoms with E-state index in [1.807, 2.05) is 4.90 Å². The molecule has 1 aliphatic heterocycles. The Kier molecular flexibility index (Phi) is 5.26. The zero-order valence-electron chi connectivity index (χ0n) is 10.9. The average molecular weight is 226 g/mol. The van der Waals surface area contributed by atoms with Crippen LogP contribution in [0.5, 0.6) is 0 Å². The van der Waals surface area contributed by atoms with Gasteiger partial charge in [-0.15, -0.1) is 0 Å². The van der Waals surface area contributed by atoms with Crippen molar-refractivity contribution < 1.29 is 4.79 Å². The number of likely N-dealkylation sites (tertiary alicyclic amines) is 1. The number of piperidine rings is 1. The van der Waals surface area contributed by atoms with Crippen LogP contribution in [0.2, 0.25) is 0 Å². The number of carbonyl (C=O) groups is 1. The summed E-state index contributed by atoms with van der Waals surface area (Å²) in [5.74, 6) is 0.707. The van der Waals surface area contributed by atoms with E-state index in [9.17, 15) is 4.79 Å². The summed E-state index contributed by atoms with van der Waals surface area (Å²) in [5, 5.41) is 0. The molecule has 1 saturated heterocycles. The van der Waals surface area contributed by atoms with Gasteiger partial charge in [-0.3, -0.25) is 4.79 Å². The van der Waals surface area contributed by atoms with Gasteiger partial charge in [0.1, 0.15) is 0 Å². The summed E-state index contributed by atoms with van der Waals surface area (Å²) >= 11 is 0. The molecule has 0 aliphatic carbocycles. The van der Waals surface area contributed by atoms with E-state index < -0.39 is 0 Å². The van der Waals surface area contributed by atoms with Gasteiger partial charge in [-0.2, -0.15) is 0 Å². The summed E-state index contributed by atoms with van der Waals surface area (Å²) in [6.07, 6.45) is 5.30. The van der Waals surface area contributed by atoms with Crippen molar-refractivity contribution in [2.45, 2.75) is 65.0 Å². The molecular weight excluding hydrogens is 200 g/mol. The van der Waals surface area contributed by atoms with E-state index >= 15 is 0 Å². The smallest absolute Gasteiger partial charge is 0.239 e. The van der Waals surface area contributed by atoms with Crippen molar-refractivity contribution >= 4 is 5.91 Å². The molecule has 1 heterocycles. The monoisotopic (exact) mass is 226 g/mol. The van der Waals surface area contributed by atoms with Crippen LogP contribution in [0.4, 0.5) is 0 Å². The van der Waals surface area contributed by atoms with Crippen LogP contribution in [-0.4, -0.2) is 29.4 Å². The van der Waals surface area contributed by atoms with Crippen LogP contribution in [0.25, 0.3) is 0 Å². The molecule has 1 amide bonds. The number of hydrogen-bond donors (Lipinski definition) is 1. The summed E-state index contributed by atoms with van der Waals surface area (Å²) in [5.41, 5.74) is 5.93. The first-order valence-corrected chi connectivity index (χ1v) is 6.64. The molecular formula is C13H26N2O. The number of amides is 1. The van der Waals surface area contributed by atoms with E-state index in [4.69, 9.17) is 5.73 Å². The Morgan fingerprint density at radius 3 is 2.69 bits per heavy atom. The Morgan fingerprint density at radius 1 is 1.44 bits per heavy atom.